The quantitative estimate of drug-likeness (QED) is 0.882. The number of carbonyl (C=O) groups is 2. The van der Waals surface area contributed by atoms with Gasteiger partial charge in [-0.3, -0.25) is 4.79 Å². The van der Waals surface area contributed by atoms with Crippen LogP contribution in [0.3, 0.4) is 0 Å². The van der Waals surface area contributed by atoms with Gasteiger partial charge in [-0.1, -0.05) is 18.5 Å². The lowest BCUT2D eigenvalue weighted by Crippen LogP contribution is -2.63. The summed E-state index contributed by atoms with van der Waals surface area (Å²) in [5.41, 5.74) is 1.74. The standard InChI is InChI=1S/C18H21ClN2O2/c1-10-4-13-9-14(5-10)21(13)18(23)20-12-2-3-17(19)16(8-12)11-6-15(22)7-11/h2-3,8,10-11,13-14H,4-7,9H2,1H3,(H,20,23)/t10?,13-,14?/m1/s1. The molecule has 2 unspecified atom stereocenters. The molecule has 122 valence electrons. The number of nitrogens with one attached hydrogen (secondary N) is 1. The summed E-state index contributed by atoms with van der Waals surface area (Å²) in [5, 5.41) is 3.69. The normalized spacial score (nSPS) is 29.7. The molecular weight excluding hydrogens is 312 g/mol. The first kappa shape index (κ1) is 15.0. The van der Waals surface area contributed by atoms with Crippen LogP contribution in [0.5, 0.6) is 0 Å². The number of ketones is 1. The third-order valence-electron chi connectivity index (χ3n) is 5.55. The van der Waals surface area contributed by atoms with Crippen LogP contribution >= 0.6 is 11.6 Å². The fourth-order valence-corrected chi connectivity index (χ4v) is 4.58. The number of carbonyl (C=O) groups excluding carboxylic acids is 2. The van der Waals surface area contributed by atoms with E-state index < -0.39 is 0 Å². The number of urea groups is 1. The highest BCUT2D eigenvalue weighted by atomic mass is 35.5. The van der Waals surface area contributed by atoms with E-state index in [0.717, 1.165) is 36.4 Å². The smallest absolute Gasteiger partial charge is 0.318 e. The summed E-state index contributed by atoms with van der Waals surface area (Å²) in [5.74, 6) is 1.21. The summed E-state index contributed by atoms with van der Waals surface area (Å²) in [6.07, 6.45) is 4.49. The average molecular weight is 333 g/mol. The summed E-state index contributed by atoms with van der Waals surface area (Å²) in [4.78, 5) is 25.8. The summed E-state index contributed by atoms with van der Waals surface area (Å²) in [7, 11) is 0. The first-order valence-electron chi connectivity index (χ1n) is 8.41. The Morgan fingerprint density at radius 2 is 1.91 bits per heavy atom. The third kappa shape index (κ3) is 2.63. The molecule has 1 N–H and O–H groups in total. The van der Waals surface area contributed by atoms with Crippen LogP contribution in [0.25, 0.3) is 0 Å². The molecule has 4 nitrogen and oxygen atoms in total. The van der Waals surface area contributed by atoms with Gasteiger partial charge in [-0.25, -0.2) is 4.79 Å². The molecule has 0 spiro atoms. The molecule has 0 aromatic heterocycles. The Kier molecular flexibility index (Phi) is 3.60. The number of hydrogen-bond donors (Lipinski definition) is 1. The molecule has 2 bridgehead atoms. The van der Waals surface area contributed by atoms with Crippen molar-refractivity contribution in [3.05, 3.63) is 28.8 Å². The highest BCUT2D eigenvalue weighted by molar-refractivity contribution is 6.31. The molecule has 4 aliphatic rings. The second-order valence-electron chi connectivity index (χ2n) is 7.34. The molecule has 2 saturated heterocycles. The van der Waals surface area contributed by atoms with Crippen LogP contribution in [-0.4, -0.2) is 28.8 Å². The van der Waals surface area contributed by atoms with Gasteiger partial charge >= 0.3 is 6.03 Å². The molecule has 5 rings (SSSR count). The molecule has 1 aromatic rings. The maximum absolute atomic E-state index is 12.5. The molecular formula is C18H21ClN2O2. The second kappa shape index (κ2) is 5.52. The lowest BCUT2D eigenvalue weighted by atomic mass is 9.74. The molecule has 2 aliphatic heterocycles. The van der Waals surface area contributed by atoms with Crippen molar-refractivity contribution in [2.45, 2.75) is 57.0 Å². The summed E-state index contributed by atoms with van der Waals surface area (Å²) >= 11 is 6.25. The van der Waals surface area contributed by atoms with E-state index in [9.17, 15) is 9.59 Å². The van der Waals surface area contributed by atoms with Crippen molar-refractivity contribution in [1.29, 1.82) is 0 Å². The van der Waals surface area contributed by atoms with Crippen molar-refractivity contribution in [2.75, 3.05) is 5.32 Å². The minimum absolute atomic E-state index is 0.00360. The Morgan fingerprint density at radius 1 is 1.22 bits per heavy atom. The second-order valence-corrected chi connectivity index (χ2v) is 7.74. The molecule has 2 aliphatic carbocycles. The van der Waals surface area contributed by atoms with E-state index in [4.69, 9.17) is 11.6 Å². The zero-order valence-corrected chi connectivity index (χ0v) is 14.0. The Morgan fingerprint density at radius 3 is 2.57 bits per heavy atom. The van der Waals surface area contributed by atoms with E-state index in [0.29, 0.717) is 29.9 Å². The van der Waals surface area contributed by atoms with E-state index in [1.807, 2.05) is 23.1 Å². The topological polar surface area (TPSA) is 49.4 Å². The highest BCUT2D eigenvalue weighted by Gasteiger charge is 2.46. The predicted octanol–water partition coefficient (Wildman–Crippen LogP) is 4.19. The van der Waals surface area contributed by atoms with E-state index in [1.54, 1.807) is 0 Å². The van der Waals surface area contributed by atoms with Crippen LogP contribution in [0.15, 0.2) is 18.2 Å². The number of amides is 2. The van der Waals surface area contributed by atoms with E-state index in [-0.39, 0.29) is 17.7 Å². The molecule has 1 aromatic carbocycles. The fourth-order valence-electron chi connectivity index (χ4n) is 4.31. The van der Waals surface area contributed by atoms with Gasteiger partial charge in [-0.05, 0) is 54.9 Å². The SMILES string of the molecule is CC1CC2C[C@@H](C1)N2C(=O)Nc1ccc(Cl)c(C2CC(=O)C2)c1. The molecule has 2 heterocycles. The molecule has 0 radical (unpaired) electrons. The van der Waals surface area contributed by atoms with Crippen molar-refractivity contribution in [3.63, 3.8) is 0 Å². The average Bonchev–Trinajstić information content (AvgIpc) is 2.45. The van der Waals surface area contributed by atoms with Crippen molar-refractivity contribution in [2.24, 2.45) is 5.92 Å². The van der Waals surface area contributed by atoms with Gasteiger partial charge in [0.25, 0.3) is 0 Å². The Balaban J connectivity index is 1.46. The summed E-state index contributed by atoms with van der Waals surface area (Å²) in [6.45, 7) is 2.26. The van der Waals surface area contributed by atoms with Crippen LogP contribution in [0, 0.1) is 5.92 Å². The number of nitrogens with zero attached hydrogens (tertiary/aromatic N) is 1. The van der Waals surface area contributed by atoms with Crippen LogP contribution < -0.4 is 5.32 Å². The van der Waals surface area contributed by atoms with Gasteiger partial charge in [0.2, 0.25) is 0 Å². The number of Topliss-reactive ketones (excluding diaryl/α,β-unsaturated/α-hetero) is 1. The van der Waals surface area contributed by atoms with Crippen LogP contribution in [-0.2, 0) is 4.79 Å². The number of rotatable bonds is 2. The molecule has 2 saturated carbocycles. The monoisotopic (exact) mass is 332 g/mol. The first-order chi connectivity index (χ1) is 11.0. The first-order valence-corrected chi connectivity index (χ1v) is 8.79. The zero-order valence-electron chi connectivity index (χ0n) is 13.2. The Hall–Kier alpha value is -1.55. The number of halogens is 1. The molecule has 3 atom stereocenters. The van der Waals surface area contributed by atoms with Crippen molar-refractivity contribution >= 4 is 29.1 Å². The number of piperidine rings is 1. The number of hydrogen-bond acceptors (Lipinski definition) is 2. The van der Waals surface area contributed by atoms with Gasteiger partial charge in [0.1, 0.15) is 5.78 Å². The van der Waals surface area contributed by atoms with Crippen LogP contribution in [0.4, 0.5) is 10.5 Å². The predicted molar refractivity (Wildman–Crippen MR) is 89.9 cm³/mol. The van der Waals surface area contributed by atoms with Crippen molar-refractivity contribution in [1.82, 2.24) is 4.90 Å². The van der Waals surface area contributed by atoms with Gasteiger partial charge in [-0.2, -0.15) is 0 Å². The van der Waals surface area contributed by atoms with Gasteiger partial charge in [-0.15, -0.1) is 0 Å². The maximum Gasteiger partial charge on any atom is 0.322 e. The Labute approximate surface area is 141 Å². The zero-order chi connectivity index (χ0) is 16.1. The number of anilines is 1. The van der Waals surface area contributed by atoms with Gasteiger partial charge < -0.3 is 10.2 Å². The number of benzene rings is 1. The van der Waals surface area contributed by atoms with Crippen molar-refractivity contribution < 1.29 is 9.59 Å². The maximum atomic E-state index is 12.5. The third-order valence-corrected chi connectivity index (χ3v) is 5.89. The molecule has 5 heteroatoms. The van der Waals surface area contributed by atoms with Gasteiger partial charge in [0.15, 0.2) is 0 Å². The van der Waals surface area contributed by atoms with Crippen LogP contribution in [0.2, 0.25) is 5.02 Å². The number of fused-ring (bicyclic) bond motifs is 2. The van der Waals surface area contributed by atoms with E-state index in [2.05, 4.69) is 12.2 Å². The highest BCUT2D eigenvalue weighted by Crippen LogP contribution is 2.42. The van der Waals surface area contributed by atoms with E-state index >= 15 is 0 Å². The fraction of sp³-hybridized carbons (Fsp3) is 0.556. The summed E-state index contributed by atoms with van der Waals surface area (Å²) in [6, 6.07) is 6.38. The molecule has 4 fully saturated rings. The van der Waals surface area contributed by atoms with Crippen molar-refractivity contribution in [3.8, 4) is 0 Å². The van der Waals surface area contributed by atoms with Gasteiger partial charge in [0.05, 0.1) is 0 Å². The minimum atomic E-state index is -0.00360. The lowest BCUT2D eigenvalue weighted by Gasteiger charge is -2.54. The van der Waals surface area contributed by atoms with Gasteiger partial charge in [0, 0.05) is 35.6 Å². The Bertz CT molecular complexity index is 655. The molecule has 2 amide bonds. The summed E-state index contributed by atoms with van der Waals surface area (Å²) < 4.78 is 0. The largest absolute Gasteiger partial charge is 0.322 e. The minimum Gasteiger partial charge on any atom is -0.318 e. The molecule has 23 heavy (non-hydrogen) atoms. The van der Waals surface area contributed by atoms with E-state index in [1.165, 1.54) is 0 Å². The lowest BCUT2D eigenvalue weighted by molar-refractivity contribution is -0.124. The van der Waals surface area contributed by atoms with Crippen LogP contribution in [0.1, 0.15) is 50.5 Å².